The summed E-state index contributed by atoms with van der Waals surface area (Å²) in [4.78, 5) is 36.2. The molecule has 2 amide bonds. The van der Waals surface area contributed by atoms with E-state index < -0.39 is 0 Å². The van der Waals surface area contributed by atoms with Gasteiger partial charge in [0.05, 0.1) is 0 Å². The third-order valence-electron chi connectivity index (χ3n) is 4.98. The lowest BCUT2D eigenvalue weighted by atomic mass is 10.1. The van der Waals surface area contributed by atoms with E-state index in [4.69, 9.17) is 0 Å². The minimum absolute atomic E-state index is 0.0256. The van der Waals surface area contributed by atoms with Crippen molar-refractivity contribution in [2.24, 2.45) is 0 Å². The molecule has 0 unspecified atom stereocenters. The quantitative estimate of drug-likeness (QED) is 0.763. The van der Waals surface area contributed by atoms with Gasteiger partial charge in [0.15, 0.2) is 0 Å². The Balaban J connectivity index is 1.42. The van der Waals surface area contributed by atoms with E-state index in [1.807, 2.05) is 54.3 Å². The largest absolute Gasteiger partial charge is 0.345 e. The molecule has 3 aromatic rings. The van der Waals surface area contributed by atoms with Crippen LogP contribution in [-0.2, 0) is 11.3 Å². The lowest BCUT2D eigenvalue weighted by molar-refractivity contribution is -0.135. The number of nitrogens with one attached hydrogen (secondary N) is 1. The summed E-state index contributed by atoms with van der Waals surface area (Å²) in [6.45, 7) is 3.79. The molecule has 1 aliphatic heterocycles. The number of carbonyl (C=O) groups is 2. The van der Waals surface area contributed by atoms with E-state index in [9.17, 15) is 9.59 Å². The molecule has 1 N–H and O–H groups in total. The Morgan fingerprint density at radius 2 is 1.96 bits per heavy atom. The Kier molecular flexibility index (Phi) is 4.93. The molecule has 0 aliphatic carbocycles. The maximum atomic E-state index is 12.9. The highest BCUT2D eigenvalue weighted by Gasteiger charge is 2.27. The van der Waals surface area contributed by atoms with Gasteiger partial charge in [-0.15, -0.1) is 0 Å². The van der Waals surface area contributed by atoms with E-state index in [0.717, 1.165) is 11.1 Å². The summed E-state index contributed by atoms with van der Waals surface area (Å²) in [5.74, 6) is 0.563. The summed E-state index contributed by atoms with van der Waals surface area (Å²) in [5, 5.41) is 0. The lowest BCUT2D eigenvalue weighted by Crippen LogP contribution is -2.51. The molecule has 0 bridgehead atoms. The van der Waals surface area contributed by atoms with Crippen LogP contribution in [0.3, 0.4) is 0 Å². The summed E-state index contributed by atoms with van der Waals surface area (Å²) in [6.07, 6.45) is 3.42. The SMILES string of the molecule is Cc1ccc(CN2CCN(C(=O)c3cccc(-c4ncc[nH]4)c3)CC2=O)cc1. The third kappa shape index (κ3) is 3.81. The van der Waals surface area contributed by atoms with Gasteiger partial charge in [-0.3, -0.25) is 9.59 Å². The van der Waals surface area contributed by atoms with Gasteiger partial charge in [-0.25, -0.2) is 4.98 Å². The van der Waals surface area contributed by atoms with Gasteiger partial charge in [0.1, 0.15) is 12.4 Å². The number of benzene rings is 2. The predicted octanol–water partition coefficient (Wildman–Crippen LogP) is 2.87. The number of imidazole rings is 1. The van der Waals surface area contributed by atoms with Gasteiger partial charge in [-0.05, 0) is 24.6 Å². The smallest absolute Gasteiger partial charge is 0.254 e. The number of hydrogen-bond acceptors (Lipinski definition) is 3. The number of rotatable bonds is 4. The molecular weight excluding hydrogens is 352 g/mol. The van der Waals surface area contributed by atoms with Gasteiger partial charge >= 0.3 is 0 Å². The second-order valence-electron chi connectivity index (χ2n) is 7.05. The van der Waals surface area contributed by atoms with Crippen LogP contribution in [-0.4, -0.2) is 51.2 Å². The Morgan fingerprint density at radius 1 is 1.14 bits per heavy atom. The van der Waals surface area contributed by atoms with Crippen LogP contribution in [0.5, 0.6) is 0 Å². The van der Waals surface area contributed by atoms with Gasteiger partial charge < -0.3 is 14.8 Å². The average Bonchev–Trinajstić information content (AvgIpc) is 3.26. The first-order valence-electron chi connectivity index (χ1n) is 9.32. The van der Waals surface area contributed by atoms with Crippen molar-refractivity contribution >= 4 is 11.8 Å². The van der Waals surface area contributed by atoms with Crippen LogP contribution in [0, 0.1) is 6.92 Å². The molecule has 6 heteroatoms. The zero-order valence-electron chi connectivity index (χ0n) is 15.8. The van der Waals surface area contributed by atoms with E-state index in [2.05, 4.69) is 9.97 Å². The van der Waals surface area contributed by atoms with Crippen molar-refractivity contribution in [3.8, 4) is 11.4 Å². The molecule has 2 aromatic carbocycles. The molecule has 1 aromatic heterocycles. The van der Waals surface area contributed by atoms with Crippen LogP contribution >= 0.6 is 0 Å². The maximum Gasteiger partial charge on any atom is 0.254 e. The zero-order chi connectivity index (χ0) is 19.5. The fraction of sp³-hybridized carbons (Fsp3) is 0.227. The number of piperazine rings is 1. The highest BCUT2D eigenvalue weighted by molar-refractivity contribution is 5.97. The normalized spacial score (nSPS) is 14.4. The molecule has 0 saturated carbocycles. The minimum atomic E-state index is -0.128. The first kappa shape index (κ1) is 18.0. The highest BCUT2D eigenvalue weighted by atomic mass is 16.2. The van der Waals surface area contributed by atoms with Crippen molar-refractivity contribution in [3.05, 3.63) is 77.6 Å². The van der Waals surface area contributed by atoms with Gasteiger partial charge in [-0.2, -0.15) is 0 Å². The molecule has 0 radical (unpaired) electrons. The maximum absolute atomic E-state index is 12.9. The average molecular weight is 374 g/mol. The number of aromatic nitrogens is 2. The Bertz CT molecular complexity index is 980. The summed E-state index contributed by atoms with van der Waals surface area (Å²) < 4.78 is 0. The Morgan fingerprint density at radius 3 is 2.68 bits per heavy atom. The second-order valence-corrected chi connectivity index (χ2v) is 7.05. The Labute approximate surface area is 163 Å². The third-order valence-corrected chi connectivity index (χ3v) is 4.98. The molecule has 6 nitrogen and oxygen atoms in total. The number of H-pyrrole nitrogens is 1. The number of amides is 2. The number of carbonyl (C=O) groups excluding carboxylic acids is 2. The monoisotopic (exact) mass is 374 g/mol. The molecule has 1 aliphatic rings. The second kappa shape index (κ2) is 7.68. The van der Waals surface area contributed by atoms with Crippen LogP contribution in [0.25, 0.3) is 11.4 Å². The summed E-state index contributed by atoms with van der Waals surface area (Å²) in [5.41, 5.74) is 3.71. The predicted molar refractivity (Wildman–Crippen MR) is 107 cm³/mol. The van der Waals surface area contributed by atoms with Crippen LogP contribution in [0.15, 0.2) is 60.9 Å². The molecule has 1 saturated heterocycles. The van der Waals surface area contributed by atoms with Crippen molar-refractivity contribution in [2.75, 3.05) is 19.6 Å². The fourth-order valence-corrected chi connectivity index (χ4v) is 3.37. The number of aryl methyl sites for hydroxylation is 1. The van der Waals surface area contributed by atoms with E-state index in [1.165, 1.54) is 5.56 Å². The number of hydrogen-bond donors (Lipinski definition) is 1. The first-order valence-corrected chi connectivity index (χ1v) is 9.32. The summed E-state index contributed by atoms with van der Waals surface area (Å²) >= 11 is 0. The first-order chi connectivity index (χ1) is 13.6. The van der Waals surface area contributed by atoms with Gasteiger partial charge in [0, 0.05) is 43.2 Å². The molecular formula is C22H22N4O2. The Hall–Kier alpha value is -3.41. The molecule has 0 atom stereocenters. The van der Waals surface area contributed by atoms with Gasteiger partial charge in [0.2, 0.25) is 5.91 Å². The van der Waals surface area contributed by atoms with Crippen molar-refractivity contribution in [2.45, 2.75) is 13.5 Å². The topological polar surface area (TPSA) is 69.3 Å². The highest BCUT2D eigenvalue weighted by Crippen LogP contribution is 2.18. The lowest BCUT2D eigenvalue weighted by Gasteiger charge is -2.34. The van der Waals surface area contributed by atoms with Crippen LogP contribution in [0.2, 0.25) is 0 Å². The van der Waals surface area contributed by atoms with E-state index in [-0.39, 0.29) is 18.4 Å². The van der Waals surface area contributed by atoms with Crippen molar-refractivity contribution in [1.82, 2.24) is 19.8 Å². The van der Waals surface area contributed by atoms with Crippen LogP contribution in [0.4, 0.5) is 0 Å². The molecule has 28 heavy (non-hydrogen) atoms. The summed E-state index contributed by atoms with van der Waals surface area (Å²) in [7, 11) is 0. The zero-order valence-corrected chi connectivity index (χ0v) is 15.8. The minimum Gasteiger partial charge on any atom is -0.345 e. The van der Waals surface area contributed by atoms with E-state index >= 15 is 0 Å². The number of nitrogens with zero attached hydrogens (tertiary/aromatic N) is 3. The van der Waals surface area contributed by atoms with Gasteiger partial charge in [-0.1, -0.05) is 42.0 Å². The molecule has 142 valence electrons. The van der Waals surface area contributed by atoms with Crippen molar-refractivity contribution < 1.29 is 9.59 Å². The van der Waals surface area contributed by atoms with Crippen LogP contribution < -0.4 is 0 Å². The fourth-order valence-electron chi connectivity index (χ4n) is 3.37. The van der Waals surface area contributed by atoms with Crippen LogP contribution in [0.1, 0.15) is 21.5 Å². The standard InChI is InChI=1S/C22H22N4O2/c1-16-5-7-17(8-6-16)14-25-11-12-26(15-20(25)27)22(28)19-4-2-3-18(13-19)21-23-9-10-24-21/h2-10,13H,11-12,14-15H2,1H3,(H,23,24). The van der Waals surface area contributed by atoms with Crippen molar-refractivity contribution in [1.29, 1.82) is 0 Å². The summed E-state index contributed by atoms with van der Waals surface area (Å²) in [6, 6.07) is 15.5. The number of aromatic amines is 1. The molecule has 0 spiro atoms. The molecule has 2 heterocycles. The van der Waals surface area contributed by atoms with E-state index in [1.54, 1.807) is 23.4 Å². The molecule has 1 fully saturated rings. The van der Waals surface area contributed by atoms with Gasteiger partial charge in [0.25, 0.3) is 5.91 Å². The van der Waals surface area contributed by atoms with Crippen molar-refractivity contribution in [3.63, 3.8) is 0 Å². The van der Waals surface area contributed by atoms with E-state index in [0.29, 0.717) is 31.0 Å². The molecule has 4 rings (SSSR count).